The molecule has 0 unspecified atom stereocenters. The maximum atomic E-state index is 12.6. The summed E-state index contributed by atoms with van der Waals surface area (Å²) in [7, 11) is 0. The summed E-state index contributed by atoms with van der Waals surface area (Å²) >= 11 is 0. The van der Waals surface area contributed by atoms with Gasteiger partial charge >= 0.3 is 0 Å². The third-order valence-corrected chi connectivity index (χ3v) is 3.99. The zero-order valence-corrected chi connectivity index (χ0v) is 16.8. The second-order valence-electron chi connectivity index (χ2n) is 6.76. The molecule has 0 fully saturated rings. The molecule has 3 rings (SSSR count). The van der Waals surface area contributed by atoms with Gasteiger partial charge in [-0.3, -0.25) is 0 Å². The van der Waals surface area contributed by atoms with Gasteiger partial charge in [0.05, 0.1) is 0 Å². The number of aryl methyl sites for hydroxylation is 6. The Kier molecular flexibility index (Phi) is 13.4. The van der Waals surface area contributed by atoms with Crippen molar-refractivity contribution < 1.29 is 13.2 Å². The second kappa shape index (κ2) is 13.6. The lowest BCUT2D eigenvalue weighted by atomic mass is 10.1. The van der Waals surface area contributed by atoms with Crippen molar-refractivity contribution in [3.63, 3.8) is 0 Å². The van der Waals surface area contributed by atoms with E-state index in [1.807, 2.05) is 13.0 Å². The SMILES string of the molecule is C.C.Cc1cc(F)c(C)cc1F.Cc1ccc(C)c(F)c1.Cc1ccc(C)cc1. The molecule has 0 spiro atoms. The first-order chi connectivity index (χ1) is 12.6. The van der Waals surface area contributed by atoms with Crippen molar-refractivity contribution in [1.29, 1.82) is 0 Å². The average molecular weight is 405 g/mol. The Morgan fingerprint density at radius 2 is 0.724 bits per heavy atom. The zero-order valence-electron chi connectivity index (χ0n) is 16.8. The molecule has 3 aromatic rings. The molecule has 0 atom stereocenters. The number of halogens is 3. The van der Waals surface area contributed by atoms with Crippen LogP contribution in [0.1, 0.15) is 48.2 Å². The minimum Gasteiger partial charge on any atom is -0.207 e. The summed E-state index contributed by atoms with van der Waals surface area (Å²) in [6, 6.07) is 16.1. The van der Waals surface area contributed by atoms with Crippen molar-refractivity contribution in [2.24, 2.45) is 0 Å². The van der Waals surface area contributed by atoms with Gasteiger partial charge in [0, 0.05) is 0 Å². The molecule has 0 saturated heterocycles. The molecule has 160 valence electrons. The van der Waals surface area contributed by atoms with Gasteiger partial charge in [-0.05, 0) is 82.0 Å². The highest BCUT2D eigenvalue weighted by atomic mass is 19.1. The third-order valence-electron chi connectivity index (χ3n) is 3.99. The molecule has 0 N–H and O–H groups in total. The van der Waals surface area contributed by atoms with Crippen LogP contribution in [0.2, 0.25) is 0 Å². The van der Waals surface area contributed by atoms with Crippen molar-refractivity contribution >= 4 is 0 Å². The van der Waals surface area contributed by atoms with Gasteiger partial charge in [0.15, 0.2) is 0 Å². The summed E-state index contributed by atoms with van der Waals surface area (Å²) in [4.78, 5) is 0. The lowest BCUT2D eigenvalue weighted by molar-refractivity contribution is 0.585. The van der Waals surface area contributed by atoms with Gasteiger partial charge in [0.1, 0.15) is 17.5 Å². The average Bonchev–Trinajstić information content (AvgIpc) is 2.60. The second-order valence-corrected chi connectivity index (χ2v) is 6.76. The Morgan fingerprint density at radius 3 is 1.03 bits per heavy atom. The van der Waals surface area contributed by atoms with Gasteiger partial charge in [-0.1, -0.05) is 62.4 Å². The normalized spacial score (nSPS) is 9.00. The summed E-state index contributed by atoms with van der Waals surface area (Å²) in [6.07, 6.45) is 0. The minimum absolute atomic E-state index is 0. The molecule has 0 aromatic heterocycles. The van der Waals surface area contributed by atoms with E-state index >= 15 is 0 Å². The number of hydrogen-bond donors (Lipinski definition) is 0. The minimum atomic E-state index is -0.348. The summed E-state index contributed by atoms with van der Waals surface area (Å²) in [5, 5.41) is 0. The van der Waals surface area contributed by atoms with Gasteiger partial charge < -0.3 is 0 Å². The van der Waals surface area contributed by atoms with E-state index in [-0.39, 0.29) is 32.3 Å². The van der Waals surface area contributed by atoms with Crippen molar-refractivity contribution in [2.75, 3.05) is 0 Å². The molecule has 0 aliphatic carbocycles. The van der Waals surface area contributed by atoms with Crippen LogP contribution in [0.4, 0.5) is 13.2 Å². The molecule has 0 heterocycles. The van der Waals surface area contributed by atoms with Crippen LogP contribution >= 0.6 is 0 Å². The maximum Gasteiger partial charge on any atom is 0.126 e. The molecule has 0 amide bonds. The van der Waals surface area contributed by atoms with Crippen LogP contribution in [0.25, 0.3) is 0 Å². The summed E-state index contributed by atoms with van der Waals surface area (Å²) in [5.41, 5.74) is 5.04. The molecular formula is C26H35F3. The van der Waals surface area contributed by atoms with Crippen molar-refractivity contribution in [3.8, 4) is 0 Å². The van der Waals surface area contributed by atoms with Crippen LogP contribution in [0.5, 0.6) is 0 Å². The van der Waals surface area contributed by atoms with E-state index in [2.05, 4.69) is 38.1 Å². The Balaban J connectivity index is 0. The van der Waals surface area contributed by atoms with Crippen LogP contribution in [-0.4, -0.2) is 0 Å². The topological polar surface area (TPSA) is 0 Å². The maximum absolute atomic E-state index is 12.6. The standard InChI is InChI=1S/C8H8F2.C8H9F.C8H10.2CH4/c1-5-3-8(10)6(2)4-7(5)9;1-6-3-4-7(2)8(9)5-6;1-7-3-5-8(2)6-4-7;;/h3-4H,1-2H3;3-5H,1-2H3;3-6H,1-2H3;2*1H4. The van der Waals surface area contributed by atoms with E-state index in [4.69, 9.17) is 0 Å². The van der Waals surface area contributed by atoms with E-state index in [0.29, 0.717) is 16.7 Å². The highest BCUT2D eigenvalue weighted by Gasteiger charge is 2.01. The Bertz CT molecular complexity index is 795. The van der Waals surface area contributed by atoms with Crippen LogP contribution in [0.3, 0.4) is 0 Å². The van der Waals surface area contributed by atoms with Crippen molar-refractivity contribution in [2.45, 2.75) is 56.4 Å². The van der Waals surface area contributed by atoms with Crippen LogP contribution < -0.4 is 0 Å². The first-order valence-electron chi connectivity index (χ1n) is 8.78. The van der Waals surface area contributed by atoms with Gasteiger partial charge in [-0.25, -0.2) is 13.2 Å². The third kappa shape index (κ3) is 10.5. The number of hydrogen-bond acceptors (Lipinski definition) is 0. The van der Waals surface area contributed by atoms with Gasteiger partial charge in [-0.15, -0.1) is 0 Å². The van der Waals surface area contributed by atoms with Crippen LogP contribution in [0.15, 0.2) is 54.6 Å². The van der Waals surface area contributed by atoms with Crippen molar-refractivity contribution in [3.05, 3.63) is 105 Å². The van der Waals surface area contributed by atoms with Crippen LogP contribution in [-0.2, 0) is 0 Å². The lowest BCUT2D eigenvalue weighted by Crippen LogP contribution is -1.88. The Morgan fingerprint density at radius 1 is 0.414 bits per heavy atom. The number of rotatable bonds is 0. The quantitative estimate of drug-likeness (QED) is 0.352. The van der Waals surface area contributed by atoms with Crippen LogP contribution in [0, 0.1) is 59.0 Å². The van der Waals surface area contributed by atoms with Gasteiger partial charge in [0.25, 0.3) is 0 Å². The lowest BCUT2D eigenvalue weighted by Gasteiger charge is -1.98. The Hall–Kier alpha value is -2.55. The molecular weight excluding hydrogens is 369 g/mol. The monoisotopic (exact) mass is 404 g/mol. The molecule has 0 nitrogen and oxygen atoms in total. The van der Waals surface area contributed by atoms with Gasteiger partial charge in [-0.2, -0.15) is 0 Å². The van der Waals surface area contributed by atoms with E-state index in [0.717, 1.165) is 5.56 Å². The number of benzene rings is 3. The largest absolute Gasteiger partial charge is 0.207 e. The molecule has 0 saturated carbocycles. The van der Waals surface area contributed by atoms with E-state index in [9.17, 15) is 13.2 Å². The molecule has 0 aliphatic heterocycles. The van der Waals surface area contributed by atoms with E-state index < -0.39 is 0 Å². The first kappa shape index (κ1) is 28.7. The fraction of sp³-hybridized carbons (Fsp3) is 0.308. The molecule has 29 heavy (non-hydrogen) atoms. The fourth-order valence-corrected chi connectivity index (χ4v) is 2.08. The van der Waals surface area contributed by atoms with E-state index in [1.54, 1.807) is 13.0 Å². The summed E-state index contributed by atoms with van der Waals surface area (Å²) in [5.74, 6) is -0.812. The molecule has 0 radical (unpaired) electrons. The summed E-state index contributed by atoms with van der Waals surface area (Å²) in [6.45, 7) is 10.9. The smallest absolute Gasteiger partial charge is 0.126 e. The van der Waals surface area contributed by atoms with E-state index in [1.165, 1.54) is 43.2 Å². The molecule has 3 heteroatoms. The molecule has 0 bridgehead atoms. The first-order valence-corrected chi connectivity index (χ1v) is 8.78. The fourth-order valence-electron chi connectivity index (χ4n) is 2.08. The molecule has 3 aromatic carbocycles. The summed E-state index contributed by atoms with van der Waals surface area (Å²) < 4.78 is 37.8. The highest BCUT2D eigenvalue weighted by Crippen LogP contribution is 2.12. The highest BCUT2D eigenvalue weighted by molar-refractivity contribution is 5.24. The Labute approximate surface area is 175 Å². The predicted octanol–water partition coefficient (Wildman–Crippen LogP) is 8.60. The molecule has 0 aliphatic rings. The predicted molar refractivity (Wildman–Crippen MR) is 121 cm³/mol. The zero-order chi connectivity index (χ0) is 20.6. The van der Waals surface area contributed by atoms with Gasteiger partial charge in [0.2, 0.25) is 0 Å². The van der Waals surface area contributed by atoms with Crippen molar-refractivity contribution in [1.82, 2.24) is 0 Å².